The molecule has 9 N–H and O–H groups in total. The summed E-state index contributed by atoms with van der Waals surface area (Å²) >= 11 is 0. The van der Waals surface area contributed by atoms with E-state index >= 15 is 0 Å². The zero-order valence-corrected chi connectivity index (χ0v) is 37.8. The number of nitrogens with zero attached hydrogens (tertiary/aromatic N) is 6. The van der Waals surface area contributed by atoms with Crippen LogP contribution in [-0.4, -0.2) is 116 Å². The fraction of sp³-hybridized carbons (Fsp3) is 0.435. The molecule has 0 aliphatic carbocycles. The first-order valence-corrected chi connectivity index (χ1v) is 22.6. The molecule has 4 aromatic rings. The summed E-state index contributed by atoms with van der Waals surface area (Å²) in [6.07, 6.45) is 10.1. The van der Waals surface area contributed by atoms with Gasteiger partial charge in [-0.1, -0.05) is 51.0 Å². The van der Waals surface area contributed by atoms with Gasteiger partial charge < -0.3 is 42.2 Å². The Morgan fingerprint density at radius 2 is 1.53 bits per heavy atom. The van der Waals surface area contributed by atoms with Gasteiger partial charge in [-0.2, -0.15) is 9.97 Å². The standard InChI is InChI=1S/C46H56N12O10/c1-57(25-28-24-51-40-38(52-28)39(47)55-46(48)56-40)29-16-14-27(15-17-29)41(62)53-31(45(66)67)18-20-34(59)49-22-9-7-5-3-2-4-6-8-10-23-50-36(61)26-68-33-13-11-12-30-37(33)44(65)58(43(30)64)32-19-21-35(60)54-42(32)63/h11-17,24,31-32H,2-10,18-23,25-26H2,1H3,(H,49,59)(H,50,61)(H,53,62)(H,66,67)(H,54,60,63)(H4,47,48,51,55,56). The van der Waals surface area contributed by atoms with Crippen LogP contribution in [0, 0.1) is 0 Å². The van der Waals surface area contributed by atoms with E-state index in [-0.39, 0.29) is 84.0 Å². The number of hydrogen-bond donors (Lipinski definition) is 7. The summed E-state index contributed by atoms with van der Waals surface area (Å²) in [7, 11) is 1.83. The maximum atomic E-state index is 13.2. The molecule has 1 fully saturated rings. The quantitative estimate of drug-likeness (QED) is 0.0371. The van der Waals surface area contributed by atoms with E-state index in [9.17, 15) is 43.5 Å². The van der Waals surface area contributed by atoms with Gasteiger partial charge in [-0.05, 0) is 62.1 Å². The number of rotatable bonds is 25. The third kappa shape index (κ3) is 13.2. The number of nitrogens with two attached hydrogens (primary N) is 2. The first-order chi connectivity index (χ1) is 32.7. The van der Waals surface area contributed by atoms with Crippen molar-refractivity contribution in [3.8, 4) is 5.75 Å². The molecule has 2 unspecified atom stereocenters. The number of nitrogens with one attached hydrogen (secondary N) is 4. The lowest BCUT2D eigenvalue weighted by Gasteiger charge is -2.27. The van der Waals surface area contributed by atoms with Gasteiger partial charge in [0.25, 0.3) is 23.6 Å². The highest BCUT2D eigenvalue weighted by Gasteiger charge is 2.46. The number of carbonyl (C=O) groups excluding carboxylic acids is 7. The summed E-state index contributed by atoms with van der Waals surface area (Å²) in [5.74, 6) is -4.82. The molecule has 0 radical (unpaired) electrons. The molecule has 360 valence electrons. The second-order valence-corrected chi connectivity index (χ2v) is 16.6. The number of unbranched alkanes of at least 4 members (excludes halogenated alkanes) is 8. The van der Waals surface area contributed by atoms with Crippen molar-refractivity contribution in [2.45, 2.75) is 102 Å². The number of imide groups is 2. The number of fused-ring (bicyclic) bond motifs is 2. The number of aliphatic carboxylic acids is 1. The van der Waals surface area contributed by atoms with Crippen molar-refractivity contribution in [1.82, 2.24) is 46.1 Å². The minimum absolute atomic E-state index is 0.00504. The number of amides is 7. The second-order valence-electron chi connectivity index (χ2n) is 16.6. The molecule has 2 atom stereocenters. The number of nitrogen functional groups attached to an aromatic ring is 2. The normalized spacial score (nSPS) is 14.8. The fourth-order valence-corrected chi connectivity index (χ4v) is 7.86. The van der Waals surface area contributed by atoms with Crippen molar-refractivity contribution in [3.63, 3.8) is 0 Å². The summed E-state index contributed by atoms with van der Waals surface area (Å²) in [4.78, 5) is 119. The van der Waals surface area contributed by atoms with Crippen LogP contribution in [0.4, 0.5) is 17.5 Å². The Hall–Kier alpha value is -7.78. The van der Waals surface area contributed by atoms with Gasteiger partial charge in [0.15, 0.2) is 23.6 Å². The van der Waals surface area contributed by atoms with Crippen molar-refractivity contribution >= 4 is 75.9 Å². The number of piperidine rings is 1. The Bertz CT molecular complexity index is 2540. The smallest absolute Gasteiger partial charge is 0.326 e. The lowest BCUT2D eigenvalue weighted by molar-refractivity contribution is -0.140. The molecular weight excluding hydrogens is 881 g/mol. The number of carboxylic acids is 1. The fourth-order valence-electron chi connectivity index (χ4n) is 7.86. The van der Waals surface area contributed by atoms with E-state index in [1.165, 1.54) is 18.2 Å². The predicted octanol–water partition coefficient (Wildman–Crippen LogP) is 2.41. The van der Waals surface area contributed by atoms with Gasteiger partial charge in [0.05, 0.1) is 29.6 Å². The van der Waals surface area contributed by atoms with Crippen molar-refractivity contribution in [2.24, 2.45) is 0 Å². The average Bonchev–Trinajstić information content (AvgIpc) is 3.57. The van der Waals surface area contributed by atoms with Crippen molar-refractivity contribution in [3.05, 3.63) is 71.0 Å². The van der Waals surface area contributed by atoms with Crippen LogP contribution < -0.4 is 42.4 Å². The molecule has 0 bridgehead atoms. The van der Waals surface area contributed by atoms with E-state index in [1.807, 2.05) is 11.9 Å². The summed E-state index contributed by atoms with van der Waals surface area (Å²) in [6, 6.07) is 8.73. The van der Waals surface area contributed by atoms with Crippen LogP contribution in [0.15, 0.2) is 48.7 Å². The SMILES string of the molecule is CN(Cc1cnc2nc(N)nc(N)c2n1)c1ccc(C(=O)NC(CCC(=O)NCCCCCCCCCCCNC(=O)COc2cccc3c2C(=O)N(C2CCC(=O)NC2=O)C3=O)C(=O)O)cc1. The highest BCUT2D eigenvalue weighted by molar-refractivity contribution is 6.24. The van der Waals surface area contributed by atoms with Crippen LogP contribution in [0.25, 0.3) is 11.2 Å². The van der Waals surface area contributed by atoms with Crippen molar-refractivity contribution in [2.75, 3.05) is 43.1 Å². The Balaban J connectivity index is 0.770. The monoisotopic (exact) mass is 936 g/mol. The van der Waals surface area contributed by atoms with Crippen LogP contribution in [-0.2, 0) is 30.5 Å². The number of anilines is 3. The minimum atomic E-state index is -1.25. The van der Waals surface area contributed by atoms with Crippen LogP contribution in [0.5, 0.6) is 5.75 Å². The average molecular weight is 937 g/mol. The lowest BCUT2D eigenvalue weighted by Crippen LogP contribution is -2.54. The molecule has 2 aliphatic heterocycles. The van der Waals surface area contributed by atoms with Gasteiger partial charge in [0, 0.05) is 44.2 Å². The number of carbonyl (C=O) groups is 8. The summed E-state index contributed by atoms with van der Waals surface area (Å²) in [5, 5.41) is 20.0. The molecule has 2 aromatic carbocycles. The van der Waals surface area contributed by atoms with Gasteiger partial charge in [-0.25, -0.2) is 14.8 Å². The molecule has 0 spiro atoms. The maximum Gasteiger partial charge on any atom is 0.326 e. The predicted molar refractivity (Wildman–Crippen MR) is 247 cm³/mol. The molecule has 22 heteroatoms. The van der Waals surface area contributed by atoms with Crippen molar-refractivity contribution < 1.29 is 48.2 Å². The third-order valence-corrected chi connectivity index (χ3v) is 11.5. The Labute approximate surface area is 391 Å². The number of ether oxygens (including phenoxy) is 1. The Morgan fingerprint density at radius 3 is 2.19 bits per heavy atom. The van der Waals surface area contributed by atoms with E-state index in [0.717, 1.165) is 68.4 Å². The van der Waals surface area contributed by atoms with Crippen LogP contribution >= 0.6 is 0 Å². The van der Waals surface area contributed by atoms with Gasteiger partial charge in [-0.3, -0.25) is 43.8 Å². The van der Waals surface area contributed by atoms with Gasteiger partial charge in [0.2, 0.25) is 23.7 Å². The zero-order chi connectivity index (χ0) is 48.7. The number of aromatic nitrogens is 4. The number of hydrogen-bond acceptors (Lipinski definition) is 16. The molecule has 2 aromatic heterocycles. The summed E-state index contributed by atoms with van der Waals surface area (Å²) < 4.78 is 5.63. The molecule has 0 saturated carbocycles. The Morgan fingerprint density at radius 1 is 0.868 bits per heavy atom. The van der Waals surface area contributed by atoms with Crippen LogP contribution in [0.2, 0.25) is 0 Å². The molecule has 22 nitrogen and oxygen atoms in total. The maximum absolute atomic E-state index is 13.2. The van der Waals surface area contributed by atoms with E-state index in [1.54, 1.807) is 30.5 Å². The molecular formula is C46H56N12O10. The van der Waals surface area contributed by atoms with Crippen molar-refractivity contribution in [1.29, 1.82) is 0 Å². The topological polar surface area (TPSA) is 324 Å². The largest absolute Gasteiger partial charge is 0.483 e. The highest BCUT2D eigenvalue weighted by atomic mass is 16.5. The van der Waals surface area contributed by atoms with E-state index in [4.69, 9.17) is 16.2 Å². The molecule has 1 saturated heterocycles. The number of benzene rings is 2. The molecule has 4 heterocycles. The molecule has 2 aliphatic rings. The second kappa shape index (κ2) is 23.6. The lowest BCUT2D eigenvalue weighted by atomic mass is 10.0. The van der Waals surface area contributed by atoms with E-state index in [2.05, 4.69) is 41.2 Å². The van der Waals surface area contributed by atoms with Crippen LogP contribution in [0.3, 0.4) is 0 Å². The zero-order valence-electron chi connectivity index (χ0n) is 37.8. The summed E-state index contributed by atoms with van der Waals surface area (Å²) in [5.41, 5.74) is 13.9. The van der Waals surface area contributed by atoms with Crippen LogP contribution in [0.1, 0.15) is 120 Å². The van der Waals surface area contributed by atoms with Gasteiger partial charge in [0.1, 0.15) is 17.8 Å². The van der Waals surface area contributed by atoms with Gasteiger partial charge >= 0.3 is 5.97 Å². The molecule has 6 rings (SSSR count). The third-order valence-electron chi connectivity index (χ3n) is 11.5. The Kier molecular flexibility index (Phi) is 17.2. The first kappa shape index (κ1) is 49.6. The van der Waals surface area contributed by atoms with E-state index < -0.39 is 47.6 Å². The molecule has 7 amide bonds. The van der Waals surface area contributed by atoms with E-state index in [0.29, 0.717) is 30.8 Å². The highest BCUT2D eigenvalue weighted by Crippen LogP contribution is 2.33. The molecule has 68 heavy (non-hydrogen) atoms. The first-order valence-electron chi connectivity index (χ1n) is 22.6. The minimum Gasteiger partial charge on any atom is -0.483 e. The number of carboxylic acid groups (broad SMARTS) is 1. The van der Waals surface area contributed by atoms with Gasteiger partial charge in [-0.15, -0.1) is 0 Å². The summed E-state index contributed by atoms with van der Waals surface area (Å²) in [6.45, 7) is 0.924.